The summed E-state index contributed by atoms with van der Waals surface area (Å²) >= 11 is 0. The van der Waals surface area contributed by atoms with Crippen LogP contribution < -0.4 is 15.4 Å². The van der Waals surface area contributed by atoms with E-state index in [1.807, 2.05) is 52.1 Å². The average molecular weight is 364 g/mol. The molecule has 1 amide bonds. The van der Waals surface area contributed by atoms with Gasteiger partial charge in [-0.05, 0) is 26.8 Å². The van der Waals surface area contributed by atoms with Crippen LogP contribution in [0.3, 0.4) is 0 Å². The number of hydrogen-bond acceptors (Lipinski definition) is 4. The summed E-state index contributed by atoms with van der Waals surface area (Å²) in [5.41, 5.74) is 0.761. The molecule has 0 spiro atoms. The number of guanidine groups is 1. The second kappa shape index (κ2) is 10.7. The van der Waals surface area contributed by atoms with Crippen molar-refractivity contribution in [3.63, 3.8) is 0 Å². The monoisotopic (exact) mass is 364 g/mol. The standard InChI is InChI=1S/C19H32N4O3/c1-19(2,3)22-17(24)13-23(5)18(20-4)21-11-12-26-14-15-9-7-8-10-16(15)25-6/h7-10H,11-14H2,1-6H3,(H,20,21)(H,22,24). The number of nitrogens with zero attached hydrogens (tertiary/aromatic N) is 2. The Morgan fingerprint density at radius 2 is 1.96 bits per heavy atom. The minimum atomic E-state index is -0.249. The SMILES string of the molecule is CN=C(NCCOCc1ccccc1OC)N(C)CC(=O)NC(C)(C)C. The molecular formula is C19H32N4O3. The third kappa shape index (κ3) is 8.20. The maximum Gasteiger partial charge on any atom is 0.240 e. The number of hydrogen-bond donors (Lipinski definition) is 2. The molecule has 7 heteroatoms. The van der Waals surface area contributed by atoms with Crippen LogP contribution in [0, 0.1) is 0 Å². The molecule has 0 fully saturated rings. The van der Waals surface area contributed by atoms with Crippen LogP contribution >= 0.6 is 0 Å². The summed E-state index contributed by atoms with van der Waals surface area (Å²) < 4.78 is 11.0. The number of rotatable bonds is 8. The summed E-state index contributed by atoms with van der Waals surface area (Å²) in [7, 11) is 5.17. The minimum Gasteiger partial charge on any atom is -0.496 e. The van der Waals surface area contributed by atoms with Gasteiger partial charge in [-0.25, -0.2) is 0 Å². The van der Waals surface area contributed by atoms with Crippen LogP contribution in [0.2, 0.25) is 0 Å². The molecule has 0 bridgehead atoms. The molecule has 0 radical (unpaired) electrons. The molecule has 0 aliphatic carbocycles. The molecule has 0 saturated heterocycles. The smallest absolute Gasteiger partial charge is 0.240 e. The van der Waals surface area contributed by atoms with Gasteiger partial charge in [-0.2, -0.15) is 0 Å². The number of aliphatic imine (C=N–C) groups is 1. The van der Waals surface area contributed by atoms with Gasteiger partial charge in [0, 0.05) is 31.7 Å². The highest BCUT2D eigenvalue weighted by Crippen LogP contribution is 2.17. The van der Waals surface area contributed by atoms with Crippen LogP contribution in [0.5, 0.6) is 5.75 Å². The summed E-state index contributed by atoms with van der Waals surface area (Å²) in [6.07, 6.45) is 0. The minimum absolute atomic E-state index is 0.0460. The maximum atomic E-state index is 12.0. The lowest BCUT2D eigenvalue weighted by Crippen LogP contribution is -2.49. The Bertz CT molecular complexity index is 597. The van der Waals surface area contributed by atoms with Gasteiger partial charge in [0.25, 0.3) is 0 Å². The summed E-state index contributed by atoms with van der Waals surface area (Å²) in [5, 5.41) is 6.13. The molecule has 0 aromatic heterocycles. The first-order valence-corrected chi connectivity index (χ1v) is 8.69. The van der Waals surface area contributed by atoms with Crippen LogP contribution in [0.4, 0.5) is 0 Å². The first kappa shape index (κ1) is 21.8. The summed E-state index contributed by atoms with van der Waals surface area (Å²) in [4.78, 5) is 18.0. The zero-order valence-corrected chi connectivity index (χ0v) is 16.8. The Labute approximate surface area is 156 Å². The topological polar surface area (TPSA) is 75.2 Å². The fourth-order valence-electron chi connectivity index (χ4n) is 2.37. The van der Waals surface area contributed by atoms with E-state index in [0.717, 1.165) is 11.3 Å². The van der Waals surface area contributed by atoms with Gasteiger partial charge in [0.15, 0.2) is 5.96 Å². The largest absolute Gasteiger partial charge is 0.496 e. The summed E-state index contributed by atoms with van der Waals surface area (Å²) in [5.74, 6) is 1.42. The number of methoxy groups -OCH3 is 1. The van der Waals surface area contributed by atoms with E-state index in [1.165, 1.54) is 0 Å². The van der Waals surface area contributed by atoms with E-state index in [9.17, 15) is 4.79 Å². The first-order valence-electron chi connectivity index (χ1n) is 8.69. The molecule has 1 aromatic carbocycles. The summed E-state index contributed by atoms with van der Waals surface area (Å²) in [6.45, 7) is 7.68. The van der Waals surface area contributed by atoms with Crippen molar-refractivity contribution in [2.24, 2.45) is 4.99 Å². The van der Waals surface area contributed by atoms with Crippen LogP contribution in [0.15, 0.2) is 29.3 Å². The van der Waals surface area contributed by atoms with Gasteiger partial charge in [0.1, 0.15) is 5.75 Å². The Morgan fingerprint density at radius 1 is 1.27 bits per heavy atom. The molecule has 146 valence electrons. The molecule has 0 unspecified atom stereocenters. The van der Waals surface area contributed by atoms with E-state index in [-0.39, 0.29) is 18.0 Å². The van der Waals surface area contributed by atoms with E-state index in [0.29, 0.717) is 25.7 Å². The molecule has 1 rings (SSSR count). The van der Waals surface area contributed by atoms with Crippen LogP contribution in [0.1, 0.15) is 26.3 Å². The lowest BCUT2D eigenvalue weighted by molar-refractivity contribution is -0.122. The number of carbonyl (C=O) groups excluding carboxylic acids is 1. The Balaban J connectivity index is 2.34. The predicted molar refractivity (Wildman–Crippen MR) is 105 cm³/mol. The van der Waals surface area contributed by atoms with Crippen LogP contribution in [0.25, 0.3) is 0 Å². The highest BCUT2D eigenvalue weighted by atomic mass is 16.5. The van der Waals surface area contributed by atoms with Crippen molar-refractivity contribution in [3.05, 3.63) is 29.8 Å². The molecule has 0 aliphatic heterocycles. The van der Waals surface area contributed by atoms with Crippen molar-refractivity contribution in [2.75, 3.05) is 40.9 Å². The van der Waals surface area contributed by atoms with Crippen LogP contribution in [-0.2, 0) is 16.1 Å². The zero-order valence-electron chi connectivity index (χ0n) is 16.8. The fourth-order valence-corrected chi connectivity index (χ4v) is 2.37. The second-order valence-corrected chi connectivity index (χ2v) is 6.99. The van der Waals surface area contributed by atoms with Gasteiger partial charge in [0.2, 0.25) is 5.91 Å². The van der Waals surface area contributed by atoms with Crippen molar-refractivity contribution < 1.29 is 14.3 Å². The van der Waals surface area contributed by atoms with E-state index in [2.05, 4.69) is 15.6 Å². The van der Waals surface area contributed by atoms with Gasteiger partial charge < -0.3 is 25.0 Å². The lowest BCUT2D eigenvalue weighted by Gasteiger charge is -2.25. The number of amides is 1. The third-order valence-electron chi connectivity index (χ3n) is 3.45. The maximum absolute atomic E-state index is 12.0. The number of ether oxygens (including phenoxy) is 2. The molecule has 1 aromatic rings. The van der Waals surface area contributed by atoms with Gasteiger partial charge in [-0.3, -0.25) is 9.79 Å². The zero-order chi connectivity index (χ0) is 19.6. The number of benzene rings is 1. The number of carbonyl (C=O) groups is 1. The third-order valence-corrected chi connectivity index (χ3v) is 3.45. The van der Waals surface area contributed by atoms with E-state index < -0.39 is 0 Å². The fraction of sp³-hybridized carbons (Fsp3) is 0.579. The predicted octanol–water partition coefficient (Wildman–Crippen LogP) is 1.63. The Morgan fingerprint density at radius 3 is 2.58 bits per heavy atom. The van der Waals surface area contributed by atoms with Crippen molar-refractivity contribution in [1.29, 1.82) is 0 Å². The van der Waals surface area contributed by atoms with E-state index in [1.54, 1.807) is 19.1 Å². The Hall–Kier alpha value is -2.28. The van der Waals surface area contributed by atoms with E-state index >= 15 is 0 Å². The second-order valence-electron chi connectivity index (χ2n) is 6.99. The molecule has 2 N–H and O–H groups in total. The molecule has 26 heavy (non-hydrogen) atoms. The van der Waals surface area contributed by atoms with Gasteiger partial charge in [-0.15, -0.1) is 0 Å². The highest BCUT2D eigenvalue weighted by molar-refractivity contribution is 5.86. The molecule has 0 atom stereocenters. The molecule has 0 saturated carbocycles. The molecule has 0 heterocycles. The van der Waals surface area contributed by atoms with Crippen molar-refractivity contribution >= 4 is 11.9 Å². The number of likely N-dealkylation sites (N-methyl/N-ethyl adjacent to an activating group) is 1. The van der Waals surface area contributed by atoms with Crippen LogP contribution in [-0.4, -0.2) is 63.2 Å². The average Bonchev–Trinajstić information content (AvgIpc) is 2.56. The van der Waals surface area contributed by atoms with Crippen molar-refractivity contribution in [2.45, 2.75) is 32.9 Å². The normalized spacial score (nSPS) is 11.8. The quantitative estimate of drug-likeness (QED) is 0.417. The lowest BCUT2D eigenvalue weighted by atomic mass is 10.1. The van der Waals surface area contributed by atoms with Gasteiger partial charge >= 0.3 is 0 Å². The number of nitrogens with one attached hydrogen (secondary N) is 2. The Kier molecular flexibility index (Phi) is 8.92. The van der Waals surface area contributed by atoms with E-state index in [4.69, 9.17) is 9.47 Å². The summed E-state index contributed by atoms with van der Waals surface area (Å²) in [6, 6.07) is 7.78. The number of para-hydroxylation sites is 1. The highest BCUT2D eigenvalue weighted by Gasteiger charge is 2.16. The van der Waals surface area contributed by atoms with Gasteiger partial charge in [0.05, 0.1) is 26.9 Å². The van der Waals surface area contributed by atoms with Gasteiger partial charge in [-0.1, -0.05) is 18.2 Å². The first-order chi connectivity index (χ1) is 12.3. The van der Waals surface area contributed by atoms with Crippen molar-refractivity contribution in [1.82, 2.24) is 15.5 Å². The van der Waals surface area contributed by atoms with Crippen molar-refractivity contribution in [3.8, 4) is 5.75 Å². The molecule has 0 aliphatic rings. The molecular weight excluding hydrogens is 332 g/mol. The molecule has 7 nitrogen and oxygen atoms in total.